The maximum absolute atomic E-state index is 6.03. The van der Waals surface area contributed by atoms with Crippen LogP contribution in [0.2, 0.25) is 0 Å². The Hall–Kier alpha value is -1.19. The lowest BCUT2D eigenvalue weighted by Gasteiger charge is -2.24. The van der Waals surface area contributed by atoms with Crippen LogP contribution in [0.1, 0.15) is 24.0 Å². The van der Waals surface area contributed by atoms with E-state index in [2.05, 4.69) is 34.9 Å². The van der Waals surface area contributed by atoms with Crippen molar-refractivity contribution >= 4 is 18.5 Å². The number of nitrogens with one attached hydrogen (secondary N) is 2. The molecule has 2 N–H and O–H groups in total. The second kappa shape index (κ2) is 6.12. The van der Waals surface area contributed by atoms with Gasteiger partial charge in [-0.05, 0) is 61.5 Å². The Balaban J connectivity index is 0.00000120. The molecule has 3 rings (SSSR count). The van der Waals surface area contributed by atoms with Gasteiger partial charge in [0.1, 0.15) is 11.9 Å². The van der Waals surface area contributed by atoms with E-state index in [-0.39, 0.29) is 12.4 Å². The second-order valence-electron chi connectivity index (χ2n) is 4.64. The second-order valence-corrected chi connectivity index (χ2v) is 4.64. The van der Waals surface area contributed by atoms with E-state index in [4.69, 9.17) is 4.74 Å². The summed E-state index contributed by atoms with van der Waals surface area (Å²) in [5.41, 5.74) is 2.61. The van der Waals surface area contributed by atoms with Crippen molar-refractivity contribution in [3.8, 4) is 5.75 Å². The van der Waals surface area contributed by atoms with Crippen LogP contribution >= 0.6 is 12.4 Å². The number of piperidine rings is 1. The Morgan fingerprint density at radius 2 is 2.00 bits per heavy atom. The Morgan fingerprint density at radius 1 is 1.17 bits per heavy atom. The summed E-state index contributed by atoms with van der Waals surface area (Å²) >= 11 is 0. The van der Waals surface area contributed by atoms with E-state index in [1.807, 2.05) is 6.20 Å². The minimum atomic E-state index is 0. The fourth-order valence-corrected chi connectivity index (χ4v) is 2.39. The van der Waals surface area contributed by atoms with Crippen molar-refractivity contribution in [3.05, 3.63) is 35.5 Å². The summed E-state index contributed by atoms with van der Waals surface area (Å²) in [6, 6.07) is 6.39. The van der Waals surface area contributed by atoms with Crippen LogP contribution in [0.15, 0.2) is 24.4 Å². The van der Waals surface area contributed by atoms with Crippen LogP contribution in [0.25, 0.3) is 6.08 Å². The minimum absolute atomic E-state index is 0. The normalized spacial score (nSPS) is 18.4. The monoisotopic (exact) mass is 266 g/mol. The molecule has 1 aromatic rings. The fourth-order valence-electron chi connectivity index (χ4n) is 2.39. The molecule has 2 aliphatic heterocycles. The first kappa shape index (κ1) is 13.2. The zero-order valence-corrected chi connectivity index (χ0v) is 11.1. The van der Waals surface area contributed by atoms with Gasteiger partial charge in [0.25, 0.3) is 0 Å². The van der Waals surface area contributed by atoms with Crippen molar-refractivity contribution in [3.63, 3.8) is 0 Å². The number of halogens is 1. The van der Waals surface area contributed by atoms with Crippen LogP contribution in [0, 0.1) is 0 Å². The van der Waals surface area contributed by atoms with Gasteiger partial charge in [-0.2, -0.15) is 0 Å². The van der Waals surface area contributed by atoms with Gasteiger partial charge in [-0.25, -0.2) is 0 Å². The summed E-state index contributed by atoms with van der Waals surface area (Å²) in [6.07, 6.45) is 6.69. The fraction of sp³-hybridized carbons (Fsp3) is 0.429. The van der Waals surface area contributed by atoms with Gasteiger partial charge >= 0.3 is 0 Å². The van der Waals surface area contributed by atoms with E-state index in [9.17, 15) is 0 Å². The van der Waals surface area contributed by atoms with Gasteiger partial charge in [-0.1, -0.05) is 6.07 Å². The first-order chi connectivity index (χ1) is 8.42. The summed E-state index contributed by atoms with van der Waals surface area (Å²) in [5.74, 6) is 1.00. The standard InChI is InChI=1S/C14H18N2O.ClH/c1-2-14(17-13-4-7-15-8-5-13)9-11-3-6-16-10-12(1)11;/h1-3,6,9,13,15-16H,4-5,7-8,10H2;1H. The zero-order chi connectivity index (χ0) is 11.5. The molecule has 2 aliphatic rings. The SMILES string of the molecule is C1=Cc2cc(OC3CCNCC3)ccc2CN1.Cl. The quantitative estimate of drug-likeness (QED) is 0.862. The van der Waals surface area contributed by atoms with Crippen molar-refractivity contribution in [2.24, 2.45) is 0 Å². The number of hydrogen-bond acceptors (Lipinski definition) is 3. The zero-order valence-electron chi connectivity index (χ0n) is 10.3. The largest absolute Gasteiger partial charge is 0.490 e. The molecule has 0 unspecified atom stereocenters. The van der Waals surface area contributed by atoms with Crippen LogP contribution in [0.5, 0.6) is 5.75 Å². The van der Waals surface area contributed by atoms with E-state index in [0.717, 1.165) is 38.2 Å². The molecule has 0 spiro atoms. The van der Waals surface area contributed by atoms with Gasteiger partial charge in [-0.15, -0.1) is 12.4 Å². The molecule has 0 aliphatic carbocycles. The van der Waals surface area contributed by atoms with Crippen LogP contribution in [-0.2, 0) is 6.54 Å². The lowest BCUT2D eigenvalue weighted by atomic mass is 10.0. The molecule has 0 amide bonds. The highest BCUT2D eigenvalue weighted by Gasteiger charge is 2.15. The average Bonchev–Trinajstić information content (AvgIpc) is 2.40. The molecule has 0 saturated carbocycles. The van der Waals surface area contributed by atoms with E-state index in [0.29, 0.717) is 6.10 Å². The molecule has 0 aromatic heterocycles. The third-order valence-corrected chi connectivity index (χ3v) is 3.38. The van der Waals surface area contributed by atoms with E-state index >= 15 is 0 Å². The molecule has 1 fully saturated rings. The van der Waals surface area contributed by atoms with Gasteiger partial charge in [0.15, 0.2) is 0 Å². The van der Waals surface area contributed by atoms with Crippen LogP contribution in [0.3, 0.4) is 0 Å². The van der Waals surface area contributed by atoms with Crippen molar-refractivity contribution in [2.45, 2.75) is 25.5 Å². The number of fused-ring (bicyclic) bond motifs is 1. The molecule has 2 heterocycles. The van der Waals surface area contributed by atoms with Crippen LogP contribution in [-0.4, -0.2) is 19.2 Å². The topological polar surface area (TPSA) is 33.3 Å². The average molecular weight is 267 g/mol. The third kappa shape index (κ3) is 2.98. The van der Waals surface area contributed by atoms with Gasteiger partial charge < -0.3 is 15.4 Å². The van der Waals surface area contributed by atoms with E-state index < -0.39 is 0 Å². The minimum Gasteiger partial charge on any atom is -0.490 e. The van der Waals surface area contributed by atoms with E-state index in [1.165, 1.54) is 11.1 Å². The molecule has 0 atom stereocenters. The highest BCUT2D eigenvalue weighted by molar-refractivity contribution is 5.85. The Morgan fingerprint density at radius 3 is 2.83 bits per heavy atom. The molecule has 18 heavy (non-hydrogen) atoms. The molecule has 4 heteroatoms. The van der Waals surface area contributed by atoms with Gasteiger partial charge in [0, 0.05) is 6.54 Å². The summed E-state index contributed by atoms with van der Waals surface area (Å²) in [6.45, 7) is 3.05. The van der Waals surface area contributed by atoms with E-state index in [1.54, 1.807) is 0 Å². The first-order valence-electron chi connectivity index (χ1n) is 6.32. The highest BCUT2D eigenvalue weighted by atomic mass is 35.5. The number of ether oxygens (including phenoxy) is 1. The Labute approximate surface area is 114 Å². The third-order valence-electron chi connectivity index (χ3n) is 3.38. The summed E-state index contributed by atoms with van der Waals surface area (Å²) in [5, 5.41) is 6.56. The van der Waals surface area contributed by atoms with Crippen molar-refractivity contribution in [1.29, 1.82) is 0 Å². The molecule has 0 radical (unpaired) electrons. The Bertz CT molecular complexity index is 428. The Kier molecular flexibility index (Phi) is 4.50. The van der Waals surface area contributed by atoms with Crippen molar-refractivity contribution in [1.82, 2.24) is 10.6 Å². The van der Waals surface area contributed by atoms with Crippen LogP contribution in [0.4, 0.5) is 0 Å². The molecular weight excluding hydrogens is 248 g/mol. The summed E-state index contributed by atoms with van der Waals surface area (Å²) in [4.78, 5) is 0. The van der Waals surface area contributed by atoms with Crippen molar-refractivity contribution in [2.75, 3.05) is 13.1 Å². The van der Waals surface area contributed by atoms with Crippen molar-refractivity contribution < 1.29 is 4.74 Å². The number of benzene rings is 1. The van der Waals surface area contributed by atoms with Gasteiger partial charge in [-0.3, -0.25) is 0 Å². The van der Waals surface area contributed by atoms with Crippen LogP contribution < -0.4 is 15.4 Å². The maximum atomic E-state index is 6.03. The molecule has 0 bridgehead atoms. The highest BCUT2D eigenvalue weighted by Crippen LogP contribution is 2.23. The molecule has 3 nitrogen and oxygen atoms in total. The maximum Gasteiger partial charge on any atom is 0.120 e. The molecule has 1 saturated heterocycles. The lowest BCUT2D eigenvalue weighted by Crippen LogP contribution is -2.34. The predicted molar refractivity (Wildman–Crippen MR) is 76.1 cm³/mol. The van der Waals surface area contributed by atoms with Gasteiger partial charge in [0.05, 0.1) is 0 Å². The summed E-state index contributed by atoms with van der Waals surface area (Å²) < 4.78 is 6.03. The molecular formula is C14H19ClN2O. The number of hydrogen-bond donors (Lipinski definition) is 2. The first-order valence-corrected chi connectivity index (χ1v) is 6.32. The smallest absolute Gasteiger partial charge is 0.120 e. The predicted octanol–water partition coefficient (Wildman–Crippen LogP) is 2.31. The summed E-state index contributed by atoms with van der Waals surface area (Å²) in [7, 11) is 0. The van der Waals surface area contributed by atoms with Gasteiger partial charge in [0.2, 0.25) is 0 Å². The molecule has 98 valence electrons. The lowest BCUT2D eigenvalue weighted by molar-refractivity contribution is 0.162. The number of rotatable bonds is 2. The molecule has 1 aromatic carbocycles.